The fourth-order valence-corrected chi connectivity index (χ4v) is 0.935. The van der Waals surface area contributed by atoms with E-state index in [2.05, 4.69) is 20.9 Å². The van der Waals surface area contributed by atoms with E-state index in [0.717, 1.165) is 0 Å². The minimum atomic E-state index is -1.33. The maximum absolute atomic E-state index is 10.3. The second kappa shape index (κ2) is 3.02. The molecule has 1 rings (SSSR count). The highest BCUT2D eigenvalue weighted by molar-refractivity contribution is 9.12. The minimum Gasteiger partial charge on any atom is -0.465 e. The molecule has 11 heavy (non-hydrogen) atoms. The van der Waals surface area contributed by atoms with Gasteiger partial charge in [-0.3, -0.25) is 0 Å². The van der Waals surface area contributed by atoms with E-state index in [1.54, 1.807) is 0 Å². The fraction of sp³-hybridized carbons (Fsp3) is 0.200. The predicted molar refractivity (Wildman–Crippen MR) is 41.4 cm³/mol. The van der Waals surface area contributed by atoms with Gasteiger partial charge in [-0.15, -0.1) is 0 Å². The number of aliphatic hydroxyl groups excluding tert-OH is 1. The Bertz CT molecular complexity index is 238. The molecule has 0 aliphatic carbocycles. The maximum atomic E-state index is 10.3. The lowest BCUT2D eigenvalue weighted by atomic mass is 10.5. The predicted octanol–water partition coefficient (Wildman–Crippen LogP) is 0.563. The number of aliphatic imine (C=N–C) groups is 1. The largest absolute Gasteiger partial charge is 0.465 e. The lowest BCUT2D eigenvalue weighted by Gasteiger charge is -2.20. The molecule has 1 amide bonds. The van der Waals surface area contributed by atoms with Crippen LogP contribution in [-0.4, -0.2) is 33.8 Å². The Morgan fingerprint density at radius 3 is 2.91 bits per heavy atom. The van der Waals surface area contributed by atoms with Gasteiger partial charge in [0.15, 0.2) is 0 Å². The van der Waals surface area contributed by atoms with Gasteiger partial charge in [0.05, 0.1) is 4.48 Å². The van der Waals surface area contributed by atoms with Gasteiger partial charge in [0.2, 0.25) is 6.35 Å². The molecule has 0 aromatic heterocycles. The average molecular weight is 221 g/mol. The Kier molecular flexibility index (Phi) is 2.25. The summed E-state index contributed by atoms with van der Waals surface area (Å²) in [4.78, 5) is 14.5. The van der Waals surface area contributed by atoms with Crippen LogP contribution >= 0.6 is 15.9 Å². The highest BCUT2D eigenvalue weighted by Crippen LogP contribution is 2.12. The number of carbonyl (C=O) groups is 1. The first kappa shape index (κ1) is 8.22. The molecule has 0 bridgehead atoms. The van der Waals surface area contributed by atoms with Crippen molar-refractivity contribution in [1.29, 1.82) is 0 Å². The molecule has 0 radical (unpaired) electrons. The van der Waals surface area contributed by atoms with Gasteiger partial charge in [0, 0.05) is 12.4 Å². The van der Waals surface area contributed by atoms with E-state index in [9.17, 15) is 4.79 Å². The molecule has 6 heteroatoms. The van der Waals surface area contributed by atoms with Crippen molar-refractivity contribution >= 4 is 28.2 Å². The molecule has 0 aromatic carbocycles. The molecule has 1 aliphatic heterocycles. The topological polar surface area (TPSA) is 73.1 Å². The number of amides is 1. The maximum Gasteiger partial charge on any atom is 0.415 e. The third kappa shape index (κ3) is 1.78. The van der Waals surface area contributed by atoms with E-state index in [-0.39, 0.29) is 0 Å². The highest BCUT2D eigenvalue weighted by Gasteiger charge is 2.20. The lowest BCUT2D eigenvalue weighted by molar-refractivity contribution is 0.0457. The van der Waals surface area contributed by atoms with E-state index in [1.807, 2.05) is 0 Å². The summed E-state index contributed by atoms with van der Waals surface area (Å²) >= 11 is 3.02. The number of halogens is 1. The van der Waals surface area contributed by atoms with Crippen LogP contribution in [0.1, 0.15) is 0 Å². The molecule has 0 aromatic rings. The number of aliphatic hydroxyl groups is 1. The van der Waals surface area contributed by atoms with Crippen LogP contribution in [0.2, 0.25) is 0 Å². The molecule has 1 atom stereocenters. The third-order valence-corrected chi connectivity index (χ3v) is 1.47. The number of allylic oxidation sites excluding steroid dienone is 1. The third-order valence-electron chi connectivity index (χ3n) is 1.06. The van der Waals surface area contributed by atoms with Crippen LogP contribution in [0.5, 0.6) is 0 Å². The second-order valence-electron chi connectivity index (χ2n) is 1.83. The quantitative estimate of drug-likeness (QED) is 0.627. The normalized spacial score (nSPS) is 23.3. The van der Waals surface area contributed by atoms with Crippen molar-refractivity contribution in [3.63, 3.8) is 0 Å². The molecule has 60 valence electrons. The zero-order valence-corrected chi connectivity index (χ0v) is 6.89. The van der Waals surface area contributed by atoms with E-state index in [4.69, 9.17) is 10.2 Å². The van der Waals surface area contributed by atoms with Crippen molar-refractivity contribution < 1.29 is 15.0 Å². The molecule has 0 spiro atoms. The summed E-state index contributed by atoms with van der Waals surface area (Å²) in [6, 6.07) is 0. The number of rotatable bonds is 0. The number of hydrogen-bond donors (Lipinski definition) is 2. The molecule has 0 saturated carbocycles. The van der Waals surface area contributed by atoms with Crippen molar-refractivity contribution in [3.8, 4) is 0 Å². The van der Waals surface area contributed by atoms with Gasteiger partial charge in [-0.2, -0.15) is 0 Å². The van der Waals surface area contributed by atoms with Crippen molar-refractivity contribution in [2.24, 2.45) is 4.99 Å². The summed E-state index contributed by atoms with van der Waals surface area (Å²) in [5, 5.41) is 17.4. The second-order valence-corrected chi connectivity index (χ2v) is 2.74. The summed E-state index contributed by atoms with van der Waals surface area (Å²) in [6.45, 7) is 0. The summed E-state index contributed by atoms with van der Waals surface area (Å²) < 4.78 is 0.505. The van der Waals surface area contributed by atoms with Crippen molar-refractivity contribution in [3.05, 3.63) is 10.7 Å². The zero-order valence-electron chi connectivity index (χ0n) is 5.31. The van der Waals surface area contributed by atoms with Crippen LogP contribution in [0.3, 0.4) is 0 Å². The Morgan fingerprint density at radius 2 is 2.45 bits per heavy atom. The molecule has 1 aliphatic rings. The zero-order chi connectivity index (χ0) is 8.43. The summed E-state index contributed by atoms with van der Waals surface area (Å²) in [5.41, 5.74) is 0. The molecular formula is C5H5BrN2O3. The first-order chi connectivity index (χ1) is 5.11. The van der Waals surface area contributed by atoms with Crippen LogP contribution in [0, 0.1) is 0 Å². The Balaban J connectivity index is 2.81. The summed E-state index contributed by atoms with van der Waals surface area (Å²) in [6.07, 6.45) is 0.00417. The molecule has 1 heterocycles. The highest BCUT2D eigenvalue weighted by atomic mass is 79.9. The van der Waals surface area contributed by atoms with Gasteiger partial charge in [-0.1, -0.05) is 0 Å². The van der Waals surface area contributed by atoms with Crippen LogP contribution in [0.15, 0.2) is 15.7 Å². The van der Waals surface area contributed by atoms with E-state index >= 15 is 0 Å². The Morgan fingerprint density at radius 1 is 1.82 bits per heavy atom. The Hall–Kier alpha value is -0.880. The van der Waals surface area contributed by atoms with Gasteiger partial charge in [0.1, 0.15) is 0 Å². The van der Waals surface area contributed by atoms with E-state index in [0.29, 0.717) is 9.38 Å². The van der Waals surface area contributed by atoms with Crippen LogP contribution in [0.25, 0.3) is 0 Å². The van der Waals surface area contributed by atoms with Gasteiger partial charge >= 0.3 is 6.09 Å². The van der Waals surface area contributed by atoms with E-state index in [1.165, 1.54) is 12.4 Å². The number of carboxylic acid groups (broad SMARTS) is 1. The molecule has 2 N–H and O–H groups in total. The van der Waals surface area contributed by atoms with Crippen LogP contribution in [0.4, 0.5) is 4.79 Å². The Labute approximate surface area is 70.8 Å². The lowest BCUT2D eigenvalue weighted by Crippen LogP contribution is -2.35. The molecule has 5 nitrogen and oxygen atoms in total. The van der Waals surface area contributed by atoms with Gasteiger partial charge in [-0.25, -0.2) is 14.7 Å². The summed E-state index contributed by atoms with van der Waals surface area (Å²) in [7, 11) is 0. The average Bonchev–Trinajstić information content (AvgIpc) is 1.94. The monoisotopic (exact) mass is 220 g/mol. The van der Waals surface area contributed by atoms with Crippen molar-refractivity contribution in [1.82, 2.24) is 4.90 Å². The molecule has 0 fully saturated rings. The van der Waals surface area contributed by atoms with Gasteiger partial charge in [0.25, 0.3) is 0 Å². The first-order valence-corrected chi connectivity index (χ1v) is 3.50. The standard InChI is InChI=1S/C5H5BrN2O3/c6-3-1-7-4(9)8(2-3)5(10)11/h1-2,4,9H,(H,10,11). The van der Waals surface area contributed by atoms with Gasteiger partial charge in [-0.05, 0) is 15.9 Å². The van der Waals surface area contributed by atoms with Crippen molar-refractivity contribution in [2.75, 3.05) is 0 Å². The first-order valence-electron chi connectivity index (χ1n) is 2.71. The van der Waals surface area contributed by atoms with Crippen LogP contribution in [-0.2, 0) is 0 Å². The number of nitrogens with zero attached hydrogens (tertiary/aromatic N) is 2. The minimum absolute atomic E-state index is 0.505. The van der Waals surface area contributed by atoms with Crippen LogP contribution < -0.4 is 0 Å². The number of hydrogen-bond acceptors (Lipinski definition) is 3. The van der Waals surface area contributed by atoms with E-state index < -0.39 is 12.4 Å². The molecule has 1 unspecified atom stereocenters. The summed E-state index contributed by atoms with van der Waals surface area (Å²) in [5.74, 6) is 0. The fourth-order valence-electron chi connectivity index (χ4n) is 0.597. The SMILES string of the molecule is O=C(O)N1C=C(Br)C=NC1O. The molecule has 0 saturated heterocycles. The van der Waals surface area contributed by atoms with Crippen molar-refractivity contribution in [2.45, 2.75) is 6.35 Å². The smallest absolute Gasteiger partial charge is 0.415 e. The van der Waals surface area contributed by atoms with Gasteiger partial charge < -0.3 is 10.2 Å². The molecular weight excluding hydrogens is 216 g/mol.